The van der Waals surface area contributed by atoms with E-state index in [1.165, 1.54) is 19.3 Å². The zero-order valence-corrected chi connectivity index (χ0v) is 16.4. The maximum absolute atomic E-state index is 11.9. The molecule has 1 fully saturated rings. The summed E-state index contributed by atoms with van der Waals surface area (Å²) in [4.78, 5) is 23.8. The minimum Gasteiger partial charge on any atom is -0.486 e. The number of urea groups is 1. The average Bonchev–Trinajstić information content (AvgIpc) is 2.72. The van der Waals surface area contributed by atoms with Gasteiger partial charge in [-0.3, -0.25) is 4.79 Å². The zero-order chi connectivity index (χ0) is 19.6. The standard InChI is InChI=1S/C21H31N3O4/c25-20(7-4-11-23-21(26)24-17-5-2-1-3-6-17)22-12-10-16-8-9-18-19(15-16)28-14-13-27-18/h8-9,15,17H,1-7,10-14H2,(H,22,25)(H2,23,24,26). The second-order valence-corrected chi connectivity index (χ2v) is 7.42. The monoisotopic (exact) mass is 389 g/mol. The second-order valence-electron chi connectivity index (χ2n) is 7.42. The van der Waals surface area contributed by atoms with Crippen LogP contribution in [0.4, 0.5) is 4.79 Å². The first kappa shape index (κ1) is 20.3. The molecule has 3 rings (SSSR count). The van der Waals surface area contributed by atoms with Gasteiger partial charge >= 0.3 is 6.03 Å². The Morgan fingerprint density at radius 3 is 2.57 bits per heavy atom. The van der Waals surface area contributed by atoms with Crippen molar-refractivity contribution >= 4 is 11.9 Å². The molecule has 1 heterocycles. The summed E-state index contributed by atoms with van der Waals surface area (Å²) in [5.41, 5.74) is 1.10. The lowest BCUT2D eigenvalue weighted by molar-refractivity contribution is -0.121. The molecule has 0 unspecified atom stereocenters. The van der Waals surface area contributed by atoms with Crippen LogP contribution >= 0.6 is 0 Å². The van der Waals surface area contributed by atoms with E-state index in [2.05, 4.69) is 16.0 Å². The van der Waals surface area contributed by atoms with E-state index in [4.69, 9.17) is 9.47 Å². The molecule has 0 bridgehead atoms. The molecule has 0 radical (unpaired) electrons. The summed E-state index contributed by atoms with van der Waals surface area (Å²) in [5.74, 6) is 1.55. The van der Waals surface area contributed by atoms with E-state index in [9.17, 15) is 9.59 Å². The van der Waals surface area contributed by atoms with Gasteiger partial charge in [-0.05, 0) is 43.4 Å². The van der Waals surface area contributed by atoms with Gasteiger partial charge in [0.2, 0.25) is 5.91 Å². The van der Waals surface area contributed by atoms with Crippen molar-refractivity contribution in [3.8, 4) is 11.5 Å². The third-order valence-electron chi connectivity index (χ3n) is 5.15. The maximum Gasteiger partial charge on any atom is 0.315 e. The van der Waals surface area contributed by atoms with E-state index in [0.717, 1.165) is 36.3 Å². The van der Waals surface area contributed by atoms with E-state index < -0.39 is 0 Å². The smallest absolute Gasteiger partial charge is 0.315 e. The van der Waals surface area contributed by atoms with Gasteiger partial charge in [0.25, 0.3) is 0 Å². The van der Waals surface area contributed by atoms with E-state index in [0.29, 0.717) is 45.2 Å². The van der Waals surface area contributed by atoms with Gasteiger partial charge in [-0.25, -0.2) is 4.79 Å². The molecule has 7 nitrogen and oxygen atoms in total. The molecule has 3 N–H and O–H groups in total. The fraction of sp³-hybridized carbons (Fsp3) is 0.619. The number of benzene rings is 1. The number of hydrogen-bond acceptors (Lipinski definition) is 4. The molecule has 0 atom stereocenters. The van der Waals surface area contributed by atoms with Gasteiger partial charge in [0.15, 0.2) is 11.5 Å². The van der Waals surface area contributed by atoms with Gasteiger partial charge in [0, 0.05) is 25.6 Å². The minimum absolute atomic E-state index is 0.00651. The second kappa shape index (κ2) is 10.8. The number of rotatable bonds is 8. The maximum atomic E-state index is 11.9. The molecule has 1 aromatic rings. The van der Waals surface area contributed by atoms with Crippen LogP contribution in [0.25, 0.3) is 0 Å². The van der Waals surface area contributed by atoms with Gasteiger partial charge in [-0.2, -0.15) is 0 Å². The minimum atomic E-state index is -0.120. The fourth-order valence-electron chi connectivity index (χ4n) is 3.61. The Balaban J connectivity index is 1.24. The molecular formula is C21H31N3O4. The van der Waals surface area contributed by atoms with Gasteiger partial charge < -0.3 is 25.4 Å². The van der Waals surface area contributed by atoms with Crippen LogP contribution in [-0.4, -0.2) is 44.3 Å². The molecule has 0 saturated heterocycles. The number of hydrogen-bond donors (Lipinski definition) is 3. The van der Waals surface area contributed by atoms with Crippen LogP contribution in [0.1, 0.15) is 50.5 Å². The molecule has 28 heavy (non-hydrogen) atoms. The largest absolute Gasteiger partial charge is 0.486 e. The predicted molar refractivity (Wildman–Crippen MR) is 107 cm³/mol. The predicted octanol–water partition coefficient (Wildman–Crippen LogP) is 2.53. The first-order chi connectivity index (χ1) is 13.7. The quantitative estimate of drug-likeness (QED) is 0.596. The van der Waals surface area contributed by atoms with Crippen LogP contribution in [0.2, 0.25) is 0 Å². The Labute approximate surface area is 166 Å². The highest BCUT2D eigenvalue weighted by Gasteiger charge is 2.15. The van der Waals surface area contributed by atoms with Crippen molar-refractivity contribution in [3.05, 3.63) is 23.8 Å². The molecule has 1 saturated carbocycles. The lowest BCUT2D eigenvalue weighted by atomic mass is 9.96. The van der Waals surface area contributed by atoms with Crippen LogP contribution in [0, 0.1) is 0 Å². The van der Waals surface area contributed by atoms with Crippen LogP contribution in [0.5, 0.6) is 11.5 Å². The Morgan fingerprint density at radius 1 is 0.964 bits per heavy atom. The Bertz CT molecular complexity index is 659. The summed E-state index contributed by atoms with van der Waals surface area (Å²) in [5, 5.41) is 8.78. The van der Waals surface area contributed by atoms with Crippen LogP contribution in [-0.2, 0) is 11.2 Å². The average molecular weight is 389 g/mol. The number of ether oxygens (including phenoxy) is 2. The number of amides is 3. The summed E-state index contributed by atoms with van der Waals surface area (Å²) in [6.07, 6.45) is 7.57. The Morgan fingerprint density at radius 2 is 1.75 bits per heavy atom. The first-order valence-electron chi connectivity index (χ1n) is 10.4. The van der Waals surface area contributed by atoms with E-state index in [1.54, 1.807) is 0 Å². The lowest BCUT2D eigenvalue weighted by Crippen LogP contribution is -2.43. The molecule has 7 heteroatoms. The summed E-state index contributed by atoms with van der Waals surface area (Å²) in [6.45, 7) is 2.24. The van der Waals surface area contributed by atoms with E-state index in [1.807, 2.05) is 18.2 Å². The zero-order valence-electron chi connectivity index (χ0n) is 16.4. The lowest BCUT2D eigenvalue weighted by Gasteiger charge is -2.22. The van der Waals surface area contributed by atoms with Crippen LogP contribution < -0.4 is 25.4 Å². The topological polar surface area (TPSA) is 88.7 Å². The van der Waals surface area contributed by atoms with Gasteiger partial charge in [-0.1, -0.05) is 25.3 Å². The molecule has 0 spiro atoms. The van der Waals surface area contributed by atoms with Crippen molar-refractivity contribution in [2.24, 2.45) is 0 Å². The summed E-state index contributed by atoms with van der Waals surface area (Å²) in [7, 11) is 0. The highest BCUT2D eigenvalue weighted by Crippen LogP contribution is 2.30. The number of nitrogens with one attached hydrogen (secondary N) is 3. The third kappa shape index (κ3) is 6.62. The van der Waals surface area contributed by atoms with Crippen molar-refractivity contribution < 1.29 is 19.1 Å². The molecule has 154 valence electrons. The van der Waals surface area contributed by atoms with Crippen molar-refractivity contribution in [1.29, 1.82) is 0 Å². The van der Waals surface area contributed by atoms with Crippen molar-refractivity contribution in [1.82, 2.24) is 16.0 Å². The Kier molecular flexibility index (Phi) is 7.82. The van der Waals surface area contributed by atoms with Crippen LogP contribution in [0.15, 0.2) is 18.2 Å². The van der Waals surface area contributed by atoms with E-state index in [-0.39, 0.29) is 11.9 Å². The first-order valence-corrected chi connectivity index (χ1v) is 10.4. The van der Waals surface area contributed by atoms with Gasteiger partial charge in [0.05, 0.1) is 0 Å². The Hall–Kier alpha value is -2.44. The summed E-state index contributed by atoms with van der Waals surface area (Å²) in [6, 6.07) is 6.06. The SMILES string of the molecule is O=C(CCCNC(=O)NC1CCCCC1)NCCc1ccc2c(c1)OCCO2. The molecule has 2 aliphatic rings. The summed E-state index contributed by atoms with van der Waals surface area (Å²) >= 11 is 0. The fourth-order valence-corrected chi connectivity index (χ4v) is 3.61. The molecule has 1 aromatic carbocycles. The molecular weight excluding hydrogens is 358 g/mol. The summed E-state index contributed by atoms with van der Waals surface area (Å²) < 4.78 is 11.1. The third-order valence-corrected chi connectivity index (χ3v) is 5.15. The number of carbonyl (C=O) groups excluding carboxylic acids is 2. The molecule has 0 aromatic heterocycles. The molecule has 1 aliphatic heterocycles. The van der Waals surface area contributed by atoms with Gasteiger partial charge in [-0.15, -0.1) is 0 Å². The van der Waals surface area contributed by atoms with Crippen molar-refractivity contribution in [3.63, 3.8) is 0 Å². The van der Waals surface area contributed by atoms with Gasteiger partial charge in [0.1, 0.15) is 13.2 Å². The molecule has 3 amide bonds. The molecule has 1 aliphatic carbocycles. The van der Waals surface area contributed by atoms with Crippen molar-refractivity contribution in [2.75, 3.05) is 26.3 Å². The number of fused-ring (bicyclic) bond motifs is 1. The van der Waals surface area contributed by atoms with E-state index >= 15 is 0 Å². The van der Waals surface area contributed by atoms with Crippen molar-refractivity contribution in [2.45, 2.75) is 57.4 Å². The normalized spacial score (nSPS) is 16.3. The number of carbonyl (C=O) groups is 2. The van der Waals surface area contributed by atoms with Crippen LogP contribution in [0.3, 0.4) is 0 Å². The highest BCUT2D eigenvalue weighted by molar-refractivity contribution is 5.76. The highest BCUT2D eigenvalue weighted by atomic mass is 16.6.